The summed E-state index contributed by atoms with van der Waals surface area (Å²) in [6.45, 7) is 6.18. The Hall–Kier alpha value is -2.59. The molecular weight excluding hydrogens is 339 g/mol. The summed E-state index contributed by atoms with van der Waals surface area (Å²) in [5.41, 5.74) is 7.15. The van der Waals surface area contributed by atoms with Crippen molar-refractivity contribution in [1.29, 1.82) is 0 Å². The number of fused-ring (bicyclic) bond motifs is 3. The van der Waals surface area contributed by atoms with Gasteiger partial charge in [-0.15, -0.1) is 0 Å². The lowest BCUT2D eigenvalue weighted by Crippen LogP contribution is -2.26. The van der Waals surface area contributed by atoms with Crippen molar-refractivity contribution in [3.63, 3.8) is 0 Å². The first-order valence-corrected chi connectivity index (χ1v) is 9.31. The molecule has 2 heterocycles. The van der Waals surface area contributed by atoms with Crippen molar-refractivity contribution in [2.45, 2.75) is 26.8 Å². The predicted octanol–water partition coefficient (Wildman–Crippen LogP) is 5.10. The van der Waals surface area contributed by atoms with Crippen molar-refractivity contribution >= 4 is 22.7 Å². The Bertz CT molecular complexity index is 1050. The third-order valence-electron chi connectivity index (χ3n) is 5.46. The molecule has 0 radical (unpaired) electrons. The molecule has 4 rings (SSSR count). The van der Waals surface area contributed by atoms with Gasteiger partial charge in [0.1, 0.15) is 0 Å². The summed E-state index contributed by atoms with van der Waals surface area (Å²) in [5.74, 6) is -0.0618. The van der Waals surface area contributed by atoms with Crippen LogP contribution in [0.25, 0.3) is 22.7 Å². The van der Waals surface area contributed by atoms with Gasteiger partial charge in [-0.1, -0.05) is 17.7 Å². The molecule has 1 aromatic heterocycles. The molecule has 27 heavy (non-hydrogen) atoms. The van der Waals surface area contributed by atoms with Gasteiger partial charge in [0.05, 0.1) is 12.6 Å². The smallest absolute Gasteiger partial charge is 0.165 e. The lowest BCUT2D eigenvalue weighted by atomic mass is 10.0. The second-order valence-corrected chi connectivity index (χ2v) is 7.47. The van der Waals surface area contributed by atoms with Crippen LogP contribution in [0.4, 0.5) is 4.39 Å². The van der Waals surface area contributed by atoms with Crippen LogP contribution in [0.5, 0.6) is 5.75 Å². The number of likely N-dealkylation sites (N-methyl/N-ethyl adjacent to an activating group) is 1. The van der Waals surface area contributed by atoms with Crippen LogP contribution in [0.1, 0.15) is 29.3 Å². The molecule has 3 aromatic rings. The number of hydrogen-bond acceptors (Lipinski definition) is 2. The third kappa shape index (κ3) is 3.15. The minimum Gasteiger partial charge on any atom is -0.494 e. The molecule has 4 heteroatoms. The summed E-state index contributed by atoms with van der Waals surface area (Å²) < 4.78 is 21.5. The summed E-state index contributed by atoms with van der Waals surface area (Å²) in [6, 6.07) is 11.8. The maximum atomic E-state index is 14.1. The minimum absolute atomic E-state index is 0.272. The standard InChI is InChI=1S/C23H25FN2O/c1-15-5-7-21-18(11-15)19-14-25(3)10-9-22(19)26(21)13-16(2)17-6-8-23(27-4)20(24)12-17/h5-8,11-13H,9-10,14H2,1-4H3/b16-13+. The Morgan fingerprint density at radius 1 is 1.19 bits per heavy atom. The van der Waals surface area contributed by atoms with E-state index >= 15 is 0 Å². The highest BCUT2D eigenvalue weighted by atomic mass is 19.1. The number of methoxy groups -OCH3 is 1. The topological polar surface area (TPSA) is 17.4 Å². The van der Waals surface area contributed by atoms with Crippen molar-refractivity contribution in [3.05, 3.63) is 64.6 Å². The second kappa shape index (κ2) is 6.86. The van der Waals surface area contributed by atoms with Crippen LogP contribution in [0.3, 0.4) is 0 Å². The lowest BCUT2D eigenvalue weighted by Gasteiger charge is -2.23. The van der Waals surface area contributed by atoms with Gasteiger partial charge in [0.25, 0.3) is 0 Å². The van der Waals surface area contributed by atoms with Gasteiger partial charge in [-0.3, -0.25) is 0 Å². The molecule has 0 unspecified atom stereocenters. The van der Waals surface area contributed by atoms with Gasteiger partial charge in [-0.05, 0) is 61.9 Å². The fourth-order valence-electron chi connectivity index (χ4n) is 3.97. The van der Waals surface area contributed by atoms with Crippen molar-refractivity contribution in [2.75, 3.05) is 20.7 Å². The normalized spacial score (nSPS) is 15.2. The second-order valence-electron chi connectivity index (χ2n) is 7.47. The zero-order valence-electron chi connectivity index (χ0n) is 16.3. The fraction of sp³-hybridized carbons (Fsp3) is 0.304. The highest BCUT2D eigenvalue weighted by molar-refractivity contribution is 5.90. The van der Waals surface area contributed by atoms with Crippen molar-refractivity contribution in [3.8, 4) is 5.75 Å². The molecule has 3 nitrogen and oxygen atoms in total. The molecule has 1 aliphatic heterocycles. The Balaban J connectivity index is 1.86. The molecule has 0 saturated carbocycles. The molecule has 0 saturated heterocycles. The van der Waals surface area contributed by atoms with Crippen molar-refractivity contribution in [1.82, 2.24) is 9.47 Å². The van der Waals surface area contributed by atoms with Gasteiger partial charge >= 0.3 is 0 Å². The van der Waals surface area contributed by atoms with E-state index in [1.165, 1.54) is 34.8 Å². The van der Waals surface area contributed by atoms with Crippen LogP contribution >= 0.6 is 0 Å². The van der Waals surface area contributed by atoms with Gasteiger partial charge in [0, 0.05) is 36.8 Å². The monoisotopic (exact) mass is 364 g/mol. The molecule has 0 fully saturated rings. The number of ether oxygens (including phenoxy) is 1. The average molecular weight is 364 g/mol. The quantitative estimate of drug-likeness (QED) is 0.643. The number of halogens is 1. The first-order valence-electron chi connectivity index (χ1n) is 9.31. The molecule has 0 N–H and O–H groups in total. The highest BCUT2D eigenvalue weighted by Crippen LogP contribution is 2.33. The largest absolute Gasteiger partial charge is 0.494 e. The van der Waals surface area contributed by atoms with E-state index in [-0.39, 0.29) is 11.6 Å². The molecule has 0 bridgehead atoms. The van der Waals surface area contributed by atoms with Crippen LogP contribution in [0.15, 0.2) is 36.4 Å². The molecule has 2 aromatic carbocycles. The van der Waals surface area contributed by atoms with E-state index in [0.29, 0.717) is 0 Å². The molecule has 0 atom stereocenters. The van der Waals surface area contributed by atoms with Crippen LogP contribution in [0.2, 0.25) is 0 Å². The summed E-state index contributed by atoms with van der Waals surface area (Å²) in [5, 5.41) is 1.32. The zero-order chi connectivity index (χ0) is 19.1. The van der Waals surface area contributed by atoms with E-state index in [1.54, 1.807) is 12.1 Å². The predicted molar refractivity (Wildman–Crippen MR) is 110 cm³/mol. The minimum atomic E-state index is -0.334. The number of aromatic nitrogens is 1. The van der Waals surface area contributed by atoms with E-state index in [2.05, 4.69) is 47.8 Å². The maximum absolute atomic E-state index is 14.1. The zero-order valence-corrected chi connectivity index (χ0v) is 16.3. The van der Waals surface area contributed by atoms with Gasteiger partial charge < -0.3 is 14.2 Å². The molecule has 0 aliphatic carbocycles. The first kappa shape index (κ1) is 17.8. The Kier molecular flexibility index (Phi) is 4.52. The number of nitrogens with zero attached hydrogens (tertiary/aromatic N) is 2. The molecule has 0 amide bonds. The van der Waals surface area contributed by atoms with E-state index in [0.717, 1.165) is 30.6 Å². The number of aryl methyl sites for hydroxylation is 1. The van der Waals surface area contributed by atoms with Crippen LogP contribution in [-0.2, 0) is 13.0 Å². The van der Waals surface area contributed by atoms with Crippen molar-refractivity contribution in [2.24, 2.45) is 0 Å². The third-order valence-corrected chi connectivity index (χ3v) is 5.46. The van der Waals surface area contributed by atoms with Gasteiger partial charge in [-0.2, -0.15) is 0 Å². The maximum Gasteiger partial charge on any atom is 0.165 e. The SMILES string of the molecule is COc1ccc(/C(C)=C/n2c3c(c4cc(C)ccc42)CN(C)CC3)cc1F. The Morgan fingerprint density at radius 3 is 2.74 bits per heavy atom. The highest BCUT2D eigenvalue weighted by Gasteiger charge is 2.22. The molecular formula is C23H25FN2O. The summed E-state index contributed by atoms with van der Waals surface area (Å²) in [4.78, 5) is 2.36. The number of rotatable bonds is 3. The van der Waals surface area contributed by atoms with Gasteiger partial charge in [0.15, 0.2) is 11.6 Å². The van der Waals surface area contributed by atoms with Crippen molar-refractivity contribution < 1.29 is 9.13 Å². The molecule has 0 spiro atoms. The summed E-state index contributed by atoms with van der Waals surface area (Å²) in [7, 11) is 3.65. The van der Waals surface area contributed by atoms with Gasteiger partial charge in [0.2, 0.25) is 0 Å². The van der Waals surface area contributed by atoms with E-state index in [9.17, 15) is 4.39 Å². The van der Waals surface area contributed by atoms with E-state index in [1.807, 2.05) is 13.0 Å². The van der Waals surface area contributed by atoms with E-state index < -0.39 is 0 Å². The number of benzene rings is 2. The molecule has 140 valence electrons. The summed E-state index contributed by atoms with van der Waals surface area (Å²) in [6.07, 6.45) is 3.16. The average Bonchev–Trinajstić information content (AvgIpc) is 2.94. The van der Waals surface area contributed by atoms with Crippen LogP contribution < -0.4 is 4.74 Å². The summed E-state index contributed by atoms with van der Waals surface area (Å²) >= 11 is 0. The Labute approximate surface area is 159 Å². The first-order chi connectivity index (χ1) is 13.0. The lowest BCUT2D eigenvalue weighted by molar-refractivity contribution is 0.312. The molecule has 1 aliphatic rings. The fourth-order valence-corrected chi connectivity index (χ4v) is 3.97. The van der Waals surface area contributed by atoms with E-state index in [4.69, 9.17) is 4.74 Å². The Morgan fingerprint density at radius 2 is 2.00 bits per heavy atom. The van der Waals surface area contributed by atoms with Crippen LogP contribution in [0, 0.1) is 12.7 Å². The number of hydrogen-bond donors (Lipinski definition) is 0. The van der Waals surface area contributed by atoms with Crippen LogP contribution in [-0.4, -0.2) is 30.2 Å². The van der Waals surface area contributed by atoms with Gasteiger partial charge in [-0.25, -0.2) is 4.39 Å². The number of allylic oxidation sites excluding steroid dienone is 1.